The second-order valence-electron chi connectivity index (χ2n) is 6.31. The van der Waals surface area contributed by atoms with Crippen LogP contribution in [0.2, 0.25) is 5.02 Å². The van der Waals surface area contributed by atoms with Gasteiger partial charge >= 0.3 is 0 Å². The first kappa shape index (κ1) is 18.1. The summed E-state index contributed by atoms with van der Waals surface area (Å²) in [4.78, 5) is 22.9. The number of methoxy groups -OCH3 is 1. The van der Waals surface area contributed by atoms with Crippen LogP contribution in [-0.4, -0.2) is 44.5 Å². The van der Waals surface area contributed by atoms with E-state index < -0.39 is 0 Å². The molecule has 0 saturated heterocycles. The van der Waals surface area contributed by atoms with Crippen LogP contribution in [0.5, 0.6) is 5.75 Å². The SMILES string of the molecule is COc1ccc(Cl)cc1CN(C)C(=O)c1cc(C(C)C)n2ncnc2n1. The second kappa shape index (κ2) is 7.29. The van der Waals surface area contributed by atoms with Crippen molar-refractivity contribution in [1.82, 2.24) is 24.5 Å². The number of benzene rings is 1. The number of carbonyl (C=O) groups excluding carboxylic acids is 1. The van der Waals surface area contributed by atoms with E-state index in [2.05, 4.69) is 15.1 Å². The zero-order chi connectivity index (χ0) is 18.8. The summed E-state index contributed by atoms with van der Waals surface area (Å²) in [6, 6.07) is 7.09. The van der Waals surface area contributed by atoms with E-state index in [1.54, 1.807) is 47.8 Å². The predicted molar refractivity (Wildman–Crippen MR) is 98.7 cm³/mol. The van der Waals surface area contributed by atoms with E-state index in [0.717, 1.165) is 11.3 Å². The molecule has 0 bridgehead atoms. The molecule has 3 rings (SSSR count). The summed E-state index contributed by atoms with van der Waals surface area (Å²) in [5.41, 5.74) is 2.03. The van der Waals surface area contributed by atoms with Crippen LogP contribution in [0, 0.1) is 0 Å². The Bertz CT molecular complexity index is 954. The largest absolute Gasteiger partial charge is 0.496 e. The Morgan fingerprint density at radius 1 is 1.35 bits per heavy atom. The summed E-state index contributed by atoms with van der Waals surface area (Å²) in [6.07, 6.45) is 1.43. The van der Waals surface area contributed by atoms with Gasteiger partial charge in [0.05, 0.1) is 12.8 Å². The van der Waals surface area contributed by atoms with Crippen LogP contribution in [0.1, 0.15) is 41.5 Å². The van der Waals surface area contributed by atoms with Gasteiger partial charge in [-0.2, -0.15) is 10.1 Å². The number of rotatable bonds is 5. The lowest BCUT2D eigenvalue weighted by Gasteiger charge is -2.19. The minimum absolute atomic E-state index is 0.173. The average molecular weight is 374 g/mol. The second-order valence-corrected chi connectivity index (χ2v) is 6.75. The van der Waals surface area contributed by atoms with E-state index in [1.165, 1.54) is 6.33 Å². The van der Waals surface area contributed by atoms with E-state index in [-0.39, 0.29) is 11.8 Å². The molecule has 0 aliphatic rings. The fraction of sp³-hybridized carbons (Fsp3) is 0.333. The number of nitrogens with zero attached hydrogens (tertiary/aromatic N) is 5. The molecular formula is C18H20ClN5O2. The van der Waals surface area contributed by atoms with Crippen LogP contribution >= 0.6 is 11.6 Å². The molecule has 0 unspecified atom stereocenters. The van der Waals surface area contributed by atoms with Crippen molar-refractivity contribution < 1.29 is 9.53 Å². The van der Waals surface area contributed by atoms with Crippen LogP contribution in [0.3, 0.4) is 0 Å². The van der Waals surface area contributed by atoms with E-state index >= 15 is 0 Å². The van der Waals surface area contributed by atoms with E-state index in [1.807, 2.05) is 13.8 Å². The molecule has 0 N–H and O–H groups in total. The molecule has 26 heavy (non-hydrogen) atoms. The third kappa shape index (κ3) is 3.48. The Hall–Kier alpha value is -2.67. The lowest BCUT2D eigenvalue weighted by molar-refractivity contribution is 0.0778. The van der Waals surface area contributed by atoms with Gasteiger partial charge in [-0.25, -0.2) is 9.50 Å². The maximum atomic E-state index is 12.9. The van der Waals surface area contributed by atoms with Crippen molar-refractivity contribution in [3.05, 3.63) is 52.6 Å². The standard InChI is InChI=1S/C18H20ClN5O2/c1-11(2)15-8-14(22-18-20-10-21-24(15)18)17(25)23(3)9-12-7-13(19)5-6-16(12)26-4/h5-8,10-11H,9H2,1-4H3. The maximum absolute atomic E-state index is 12.9. The van der Waals surface area contributed by atoms with E-state index in [9.17, 15) is 4.79 Å². The van der Waals surface area contributed by atoms with Crippen LogP contribution in [0.4, 0.5) is 0 Å². The van der Waals surface area contributed by atoms with Gasteiger partial charge in [-0.1, -0.05) is 25.4 Å². The molecule has 0 saturated carbocycles. The summed E-state index contributed by atoms with van der Waals surface area (Å²) in [6.45, 7) is 4.41. The normalized spacial score (nSPS) is 11.2. The molecule has 0 radical (unpaired) electrons. The number of amides is 1. The first-order chi connectivity index (χ1) is 12.4. The Kier molecular flexibility index (Phi) is 5.08. The molecule has 0 spiro atoms. The first-order valence-electron chi connectivity index (χ1n) is 8.19. The van der Waals surface area contributed by atoms with Gasteiger partial charge in [-0.15, -0.1) is 0 Å². The average Bonchev–Trinajstić information content (AvgIpc) is 3.08. The van der Waals surface area contributed by atoms with Crippen LogP contribution in [0.25, 0.3) is 5.78 Å². The number of fused-ring (bicyclic) bond motifs is 1. The molecule has 0 fully saturated rings. The van der Waals surface area contributed by atoms with Gasteiger partial charge in [0.2, 0.25) is 0 Å². The van der Waals surface area contributed by atoms with Gasteiger partial charge in [-0.05, 0) is 30.2 Å². The van der Waals surface area contributed by atoms with Crippen molar-refractivity contribution in [2.24, 2.45) is 0 Å². The lowest BCUT2D eigenvalue weighted by Crippen LogP contribution is -2.28. The van der Waals surface area contributed by atoms with E-state index in [0.29, 0.717) is 28.8 Å². The summed E-state index contributed by atoms with van der Waals surface area (Å²) in [5, 5.41) is 4.76. The van der Waals surface area contributed by atoms with Gasteiger partial charge in [0.25, 0.3) is 11.7 Å². The lowest BCUT2D eigenvalue weighted by atomic mass is 10.1. The number of carbonyl (C=O) groups is 1. The fourth-order valence-corrected chi connectivity index (χ4v) is 2.94. The molecule has 1 aromatic carbocycles. The third-order valence-corrected chi connectivity index (χ3v) is 4.32. The van der Waals surface area contributed by atoms with Gasteiger partial charge in [0, 0.05) is 24.2 Å². The zero-order valence-electron chi connectivity index (χ0n) is 15.1. The van der Waals surface area contributed by atoms with E-state index in [4.69, 9.17) is 16.3 Å². The first-order valence-corrected chi connectivity index (χ1v) is 8.57. The Morgan fingerprint density at radius 3 is 2.81 bits per heavy atom. The molecule has 1 amide bonds. The highest BCUT2D eigenvalue weighted by Crippen LogP contribution is 2.24. The van der Waals surface area contributed by atoms with Gasteiger partial charge in [0.15, 0.2) is 0 Å². The molecule has 0 aliphatic heterocycles. The molecule has 2 aromatic heterocycles. The minimum Gasteiger partial charge on any atom is -0.496 e. The zero-order valence-corrected chi connectivity index (χ0v) is 15.9. The number of hydrogen-bond donors (Lipinski definition) is 0. The van der Waals surface area contributed by atoms with Crippen LogP contribution in [-0.2, 0) is 6.54 Å². The summed E-state index contributed by atoms with van der Waals surface area (Å²) >= 11 is 6.07. The Labute approximate surface area is 156 Å². The molecule has 0 aliphatic carbocycles. The van der Waals surface area contributed by atoms with Gasteiger partial charge in [-0.3, -0.25) is 4.79 Å². The highest BCUT2D eigenvalue weighted by molar-refractivity contribution is 6.30. The van der Waals surface area contributed by atoms with Crippen molar-refractivity contribution in [2.75, 3.05) is 14.2 Å². The van der Waals surface area contributed by atoms with Crippen LogP contribution < -0.4 is 4.74 Å². The highest BCUT2D eigenvalue weighted by atomic mass is 35.5. The molecule has 136 valence electrons. The maximum Gasteiger partial charge on any atom is 0.272 e. The monoisotopic (exact) mass is 373 g/mol. The van der Waals surface area contributed by atoms with Crippen molar-refractivity contribution in [2.45, 2.75) is 26.3 Å². The van der Waals surface area contributed by atoms with Crippen molar-refractivity contribution in [1.29, 1.82) is 0 Å². The molecule has 0 atom stereocenters. The predicted octanol–water partition coefficient (Wildman–Crippen LogP) is 3.18. The Morgan fingerprint density at radius 2 is 2.12 bits per heavy atom. The summed E-state index contributed by atoms with van der Waals surface area (Å²) in [5.74, 6) is 1.05. The smallest absolute Gasteiger partial charge is 0.272 e. The topological polar surface area (TPSA) is 72.6 Å². The fourth-order valence-electron chi connectivity index (χ4n) is 2.75. The minimum atomic E-state index is -0.209. The van der Waals surface area contributed by atoms with Crippen molar-refractivity contribution in [3.8, 4) is 5.75 Å². The number of halogens is 1. The summed E-state index contributed by atoms with van der Waals surface area (Å²) < 4.78 is 7.00. The van der Waals surface area contributed by atoms with Crippen LogP contribution in [0.15, 0.2) is 30.6 Å². The molecule has 8 heteroatoms. The van der Waals surface area contributed by atoms with Gasteiger partial charge in [0.1, 0.15) is 17.8 Å². The molecular weight excluding hydrogens is 354 g/mol. The highest BCUT2D eigenvalue weighted by Gasteiger charge is 2.19. The Balaban J connectivity index is 1.92. The number of hydrogen-bond acceptors (Lipinski definition) is 5. The summed E-state index contributed by atoms with van der Waals surface area (Å²) in [7, 11) is 3.30. The van der Waals surface area contributed by atoms with Gasteiger partial charge < -0.3 is 9.64 Å². The number of ether oxygens (including phenoxy) is 1. The molecule has 2 heterocycles. The van der Waals surface area contributed by atoms with Crippen molar-refractivity contribution in [3.63, 3.8) is 0 Å². The quantitative estimate of drug-likeness (QED) is 0.686. The number of aromatic nitrogens is 4. The molecule has 7 nitrogen and oxygen atoms in total. The van der Waals surface area contributed by atoms with Crippen molar-refractivity contribution >= 4 is 23.3 Å². The third-order valence-electron chi connectivity index (χ3n) is 4.09. The molecule has 3 aromatic rings.